The van der Waals surface area contributed by atoms with E-state index in [0.717, 1.165) is 11.0 Å². The van der Waals surface area contributed by atoms with Crippen molar-refractivity contribution in [3.63, 3.8) is 0 Å². The normalized spacial score (nSPS) is 14.2. The second kappa shape index (κ2) is 7.35. The molecule has 7 heteroatoms. The standard InChI is InChI=1S/C14H17BrN4O.ClH/c15-11-3-1-2-10(6-11)8-19(12-4-5-12)9-13-17-14(7-16)20-18-13;/h1-3,6,12H,4-5,7-9,16H2;1H. The molecule has 0 saturated heterocycles. The molecule has 114 valence electrons. The number of halogens is 2. The number of hydrogen-bond donors (Lipinski definition) is 1. The van der Waals surface area contributed by atoms with E-state index >= 15 is 0 Å². The van der Waals surface area contributed by atoms with Crippen molar-refractivity contribution in [3.8, 4) is 0 Å². The molecule has 3 rings (SSSR count). The first-order valence-electron chi connectivity index (χ1n) is 6.74. The molecule has 21 heavy (non-hydrogen) atoms. The molecule has 1 aromatic heterocycles. The lowest BCUT2D eigenvalue weighted by atomic mass is 10.2. The van der Waals surface area contributed by atoms with Crippen LogP contribution in [0.3, 0.4) is 0 Å². The van der Waals surface area contributed by atoms with Crippen LogP contribution < -0.4 is 5.73 Å². The summed E-state index contributed by atoms with van der Waals surface area (Å²) >= 11 is 3.51. The third kappa shape index (κ3) is 4.51. The number of nitrogens with two attached hydrogens (primary N) is 1. The van der Waals surface area contributed by atoms with Gasteiger partial charge in [-0.05, 0) is 30.5 Å². The van der Waals surface area contributed by atoms with E-state index in [9.17, 15) is 0 Å². The molecule has 1 heterocycles. The lowest BCUT2D eigenvalue weighted by Crippen LogP contribution is -2.25. The smallest absolute Gasteiger partial charge is 0.240 e. The van der Waals surface area contributed by atoms with Crippen molar-refractivity contribution < 1.29 is 4.52 Å². The van der Waals surface area contributed by atoms with Gasteiger partial charge in [0.2, 0.25) is 5.89 Å². The van der Waals surface area contributed by atoms with Gasteiger partial charge in [-0.15, -0.1) is 12.4 Å². The summed E-state index contributed by atoms with van der Waals surface area (Å²) in [5.74, 6) is 1.21. The van der Waals surface area contributed by atoms with Crippen molar-refractivity contribution in [1.82, 2.24) is 15.0 Å². The molecule has 5 nitrogen and oxygen atoms in total. The molecular formula is C14H18BrClN4O. The first-order valence-corrected chi connectivity index (χ1v) is 7.54. The highest BCUT2D eigenvalue weighted by Gasteiger charge is 2.30. The molecular weight excluding hydrogens is 356 g/mol. The van der Waals surface area contributed by atoms with E-state index in [1.165, 1.54) is 18.4 Å². The molecule has 0 aliphatic heterocycles. The van der Waals surface area contributed by atoms with Crippen LogP contribution in [0.15, 0.2) is 33.3 Å². The zero-order valence-corrected chi connectivity index (χ0v) is 13.9. The molecule has 0 radical (unpaired) electrons. The Labute approximate surface area is 138 Å². The van der Waals surface area contributed by atoms with E-state index in [-0.39, 0.29) is 12.4 Å². The van der Waals surface area contributed by atoms with Gasteiger partial charge >= 0.3 is 0 Å². The van der Waals surface area contributed by atoms with Gasteiger partial charge in [0.1, 0.15) is 0 Å². The predicted octanol–water partition coefficient (Wildman–Crippen LogP) is 2.88. The van der Waals surface area contributed by atoms with Gasteiger partial charge in [0, 0.05) is 17.1 Å². The maximum atomic E-state index is 5.49. The highest BCUT2D eigenvalue weighted by atomic mass is 79.9. The zero-order valence-electron chi connectivity index (χ0n) is 11.5. The summed E-state index contributed by atoms with van der Waals surface area (Å²) in [6.07, 6.45) is 2.49. The molecule has 1 fully saturated rings. The summed E-state index contributed by atoms with van der Waals surface area (Å²) < 4.78 is 6.17. The van der Waals surface area contributed by atoms with E-state index in [4.69, 9.17) is 10.3 Å². The van der Waals surface area contributed by atoms with E-state index in [0.29, 0.717) is 30.8 Å². The van der Waals surface area contributed by atoms with Crippen LogP contribution in [0, 0.1) is 0 Å². The second-order valence-corrected chi connectivity index (χ2v) is 5.99. The molecule has 0 bridgehead atoms. The minimum absolute atomic E-state index is 0. The van der Waals surface area contributed by atoms with Gasteiger partial charge < -0.3 is 10.3 Å². The number of aromatic nitrogens is 2. The van der Waals surface area contributed by atoms with Gasteiger partial charge in [-0.3, -0.25) is 4.90 Å². The fraction of sp³-hybridized carbons (Fsp3) is 0.429. The van der Waals surface area contributed by atoms with Gasteiger partial charge in [0.25, 0.3) is 0 Å². The first-order chi connectivity index (χ1) is 9.74. The van der Waals surface area contributed by atoms with Gasteiger partial charge in [-0.2, -0.15) is 4.98 Å². The van der Waals surface area contributed by atoms with Crippen molar-refractivity contribution in [1.29, 1.82) is 0 Å². The molecule has 0 spiro atoms. The summed E-state index contributed by atoms with van der Waals surface area (Å²) in [4.78, 5) is 6.68. The Morgan fingerprint density at radius 2 is 2.14 bits per heavy atom. The van der Waals surface area contributed by atoms with Crippen molar-refractivity contribution in [2.24, 2.45) is 5.73 Å². The van der Waals surface area contributed by atoms with Crippen LogP contribution in [0.1, 0.15) is 30.1 Å². The number of rotatable bonds is 6. The average molecular weight is 374 g/mol. The third-order valence-electron chi connectivity index (χ3n) is 3.37. The quantitative estimate of drug-likeness (QED) is 0.843. The highest BCUT2D eigenvalue weighted by Crippen LogP contribution is 2.29. The van der Waals surface area contributed by atoms with Gasteiger partial charge in [0.05, 0.1) is 13.1 Å². The van der Waals surface area contributed by atoms with E-state index < -0.39 is 0 Å². The SMILES string of the molecule is Cl.NCc1nc(CN(Cc2cccc(Br)c2)C2CC2)no1. The highest BCUT2D eigenvalue weighted by molar-refractivity contribution is 9.10. The third-order valence-corrected chi connectivity index (χ3v) is 3.86. The Morgan fingerprint density at radius 3 is 2.76 bits per heavy atom. The molecule has 1 aromatic carbocycles. The molecule has 0 amide bonds. The molecule has 1 aliphatic carbocycles. The summed E-state index contributed by atoms with van der Waals surface area (Å²) in [5.41, 5.74) is 6.78. The molecule has 0 unspecified atom stereocenters. The van der Waals surface area contributed by atoms with Crippen LogP contribution in [-0.2, 0) is 19.6 Å². The Bertz CT molecular complexity index is 588. The number of benzene rings is 1. The van der Waals surface area contributed by atoms with Crippen LogP contribution in [-0.4, -0.2) is 21.1 Å². The van der Waals surface area contributed by atoms with Crippen molar-refractivity contribution in [2.75, 3.05) is 0 Å². The zero-order chi connectivity index (χ0) is 13.9. The van der Waals surface area contributed by atoms with Crippen LogP contribution in [0.2, 0.25) is 0 Å². The fourth-order valence-corrected chi connectivity index (χ4v) is 2.69. The van der Waals surface area contributed by atoms with E-state index in [1.54, 1.807) is 0 Å². The fourth-order valence-electron chi connectivity index (χ4n) is 2.24. The Kier molecular flexibility index (Phi) is 5.75. The monoisotopic (exact) mass is 372 g/mol. The van der Waals surface area contributed by atoms with Gasteiger partial charge in [-0.25, -0.2) is 0 Å². The maximum Gasteiger partial charge on any atom is 0.240 e. The Hall–Kier alpha value is -0.950. The molecule has 2 aromatic rings. The van der Waals surface area contributed by atoms with E-state index in [2.05, 4.69) is 49.2 Å². The maximum absolute atomic E-state index is 5.49. The molecule has 1 saturated carbocycles. The second-order valence-electron chi connectivity index (χ2n) is 5.07. The van der Waals surface area contributed by atoms with Crippen molar-refractivity contribution in [2.45, 2.75) is 38.5 Å². The minimum atomic E-state index is 0. The van der Waals surface area contributed by atoms with Gasteiger partial charge in [-0.1, -0.05) is 33.2 Å². The van der Waals surface area contributed by atoms with Crippen LogP contribution in [0.5, 0.6) is 0 Å². The average Bonchev–Trinajstić information content (AvgIpc) is 3.19. The number of nitrogens with zero attached hydrogens (tertiary/aromatic N) is 3. The van der Waals surface area contributed by atoms with Crippen molar-refractivity contribution >= 4 is 28.3 Å². The van der Waals surface area contributed by atoms with E-state index in [1.807, 2.05) is 6.07 Å². The minimum Gasteiger partial charge on any atom is -0.338 e. The molecule has 2 N–H and O–H groups in total. The predicted molar refractivity (Wildman–Crippen MR) is 85.8 cm³/mol. The van der Waals surface area contributed by atoms with Crippen LogP contribution in [0.25, 0.3) is 0 Å². The van der Waals surface area contributed by atoms with Crippen LogP contribution >= 0.6 is 28.3 Å². The largest absolute Gasteiger partial charge is 0.338 e. The first kappa shape index (κ1) is 16.4. The summed E-state index contributed by atoms with van der Waals surface area (Å²) in [6.45, 7) is 1.90. The molecule has 0 atom stereocenters. The topological polar surface area (TPSA) is 68.2 Å². The van der Waals surface area contributed by atoms with Crippen LogP contribution in [0.4, 0.5) is 0 Å². The Balaban J connectivity index is 0.00000161. The van der Waals surface area contributed by atoms with Crippen molar-refractivity contribution in [3.05, 3.63) is 46.0 Å². The Morgan fingerprint density at radius 1 is 1.33 bits per heavy atom. The molecule has 1 aliphatic rings. The lowest BCUT2D eigenvalue weighted by Gasteiger charge is -2.20. The summed E-state index contributed by atoms with van der Waals surface area (Å²) in [5, 5.41) is 3.98. The summed E-state index contributed by atoms with van der Waals surface area (Å²) in [6, 6.07) is 9.02. The lowest BCUT2D eigenvalue weighted by molar-refractivity contribution is 0.235. The summed E-state index contributed by atoms with van der Waals surface area (Å²) in [7, 11) is 0. The van der Waals surface area contributed by atoms with Gasteiger partial charge in [0.15, 0.2) is 5.82 Å². The number of hydrogen-bond acceptors (Lipinski definition) is 5.